The molecule has 2 aromatic rings. The third kappa shape index (κ3) is 5.00. The lowest BCUT2D eigenvalue weighted by atomic mass is 9.99. The van der Waals surface area contributed by atoms with Crippen LogP contribution in [0, 0.1) is 0 Å². The van der Waals surface area contributed by atoms with Crippen LogP contribution in [0.4, 0.5) is 5.69 Å². The van der Waals surface area contributed by atoms with Gasteiger partial charge < -0.3 is 10.1 Å². The van der Waals surface area contributed by atoms with Crippen molar-refractivity contribution < 1.29 is 9.53 Å². The van der Waals surface area contributed by atoms with Gasteiger partial charge in [-0.25, -0.2) is 0 Å². The first kappa shape index (κ1) is 17.4. The van der Waals surface area contributed by atoms with Crippen LogP contribution < -0.4 is 10.1 Å². The molecule has 2 aromatic carbocycles. The molecule has 0 fully saturated rings. The van der Waals surface area contributed by atoms with Crippen molar-refractivity contribution in [3.8, 4) is 5.75 Å². The largest absolute Gasteiger partial charge is 0.481 e. The van der Waals surface area contributed by atoms with E-state index >= 15 is 0 Å². The topological polar surface area (TPSA) is 38.3 Å². The van der Waals surface area contributed by atoms with Gasteiger partial charge in [-0.1, -0.05) is 37.6 Å². The molecule has 0 aliphatic rings. The lowest BCUT2D eigenvalue weighted by Crippen LogP contribution is -2.30. The van der Waals surface area contributed by atoms with Crippen molar-refractivity contribution in [3.63, 3.8) is 0 Å². The van der Waals surface area contributed by atoms with Gasteiger partial charge in [0.1, 0.15) is 5.75 Å². The number of hydrogen-bond acceptors (Lipinski definition) is 2. The summed E-state index contributed by atoms with van der Waals surface area (Å²) in [5.41, 5.74) is 2.05. The van der Waals surface area contributed by atoms with E-state index in [4.69, 9.17) is 16.3 Å². The smallest absolute Gasteiger partial charge is 0.265 e. The standard InChI is InChI=1S/C19H22ClNO2/c1-4-13(2)15-5-9-17(10-6-15)21-19(22)14(3)23-18-11-7-16(20)8-12-18/h5-14H,4H2,1-3H3,(H,21,22). The van der Waals surface area contributed by atoms with Crippen LogP contribution in [-0.2, 0) is 4.79 Å². The van der Waals surface area contributed by atoms with Gasteiger partial charge in [-0.05, 0) is 61.2 Å². The maximum absolute atomic E-state index is 12.2. The molecular formula is C19H22ClNO2. The highest BCUT2D eigenvalue weighted by Gasteiger charge is 2.15. The number of ether oxygens (including phenoxy) is 1. The number of amides is 1. The van der Waals surface area contributed by atoms with E-state index in [0.29, 0.717) is 16.7 Å². The fraction of sp³-hybridized carbons (Fsp3) is 0.316. The van der Waals surface area contributed by atoms with Gasteiger partial charge in [-0.3, -0.25) is 4.79 Å². The van der Waals surface area contributed by atoms with Crippen molar-refractivity contribution in [1.29, 1.82) is 0 Å². The highest BCUT2D eigenvalue weighted by Crippen LogP contribution is 2.21. The van der Waals surface area contributed by atoms with Gasteiger partial charge in [0.2, 0.25) is 0 Å². The molecule has 0 heterocycles. The Morgan fingerprint density at radius 2 is 1.70 bits per heavy atom. The summed E-state index contributed by atoms with van der Waals surface area (Å²) in [6.07, 6.45) is 0.503. The van der Waals surface area contributed by atoms with Crippen LogP contribution in [0.25, 0.3) is 0 Å². The molecule has 0 radical (unpaired) electrons. The van der Waals surface area contributed by atoms with Gasteiger partial charge in [0.25, 0.3) is 5.91 Å². The highest BCUT2D eigenvalue weighted by atomic mass is 35.5. The van der Waals surface area contributed by atoms with E-state index in [-0.39, 0.29) is 5.91 Å². The zero-order chi connectivity index (χ0) is 16.8. The van der Waals surface area contributed by atoms with Gasteiger partial charge in [0.05, 0.1) is 0 Å². The Hall–Kier alpha value is -2.00. The summed E-state index contributed by atoms with van der Waals surface area (Å²) in [5.74, 6) is 0.951. The van der Waals surface area contributed by atoms with Crippen molar-refractivity contribution in [3.05, 3.63) is 59.1 Å². The predicted octanol–water partition coefficient (Wildman–Crippen LogP) is 5.26. The average Bonchev–Trinajstić information content (AvgIpc) is 2.56. The van der Waals surface area contributed by atoms with Crippen LogP contribution in [0.15, 0.2) is 48.5 Å². The molecule has 2 unspecified atom stereocenters. The molecule has 0 spiro atoms. The Morgan fingerprint density at radius 1 is 1.09 bits per heavy atom. The minimum Gasteiger partial charge on any atom is -0.481 e. The first-order chi connectivity index (χ1) is 11.0. The molecule has 1 amide bonds. The van der Waals surface area contributed by atoms with Gasteiger partial charge >= 0.3 is 0 Å². The number of carbonyl (C=O) groups excluding carboxylic acids is 1. The van der Waals surface area contributed by atoms with Crippen molar-refractivity contribution in [1.82, 2.24) is 0 Å². The molecule has 0 bridgehead atoms. The number of carbonyl (C=O) groups is 1. The summed E-state index contributed by atoms with van der Waals surface area (Å²) in [4.78, 5) is 12.2. The molecule has 1 N–H and O–H groups in total. The fourth-order valence-corrected chi connectivity index (χ4v) is 2.27. The summed E-state index contributed by atoms with van der Waals surface area (Å²) < 4.78 is 5.61. The lowest BCUT2D eigenvalue weighted by Gasteiger charge is -2.15. The van der Waals surface area contributed by atoms with Gasteiger partial charge in [0.15, 0.2) is 6.10 Å². The van der Waals surface area contributed by atoms with E-state index in [1.54, 1.807) is 31.2 Å². The molecule has 23 heavy (non-hydrogen) atoms. The molecule has 0 aliphatic heterocycles. The first-order valence-corrected chi connectivity index (χ1v) is 8.20. The summed E-state index contributed by atoms with van der Waals surface area (Å²) in [7, 11) is 0. The summed E-state index contributed by atoms with van der Waals surface area (Å²) in [6.45, 7) is 6.07. The van der Waals surface area contributed by atoms with Crippen LogP contribution in [0.1, 0.15) is 38.7 Å². The Kier molecular flexibility index (Phi) is 6.05. The number of halogens is 1. The summed E-state index contributed by atoms with van der Waals surface area (Å²) in [6, 6.07) is 14.9. The van der Waals surface area contributed by atoms with Crippen molar-refractivity contribution in [2.24, 2.45) is 0 Å². The Bertz CT molecular complexity index is 637. The number of rotatable bonds is 6. The molecule has 0 aromatic heterocycles. The van der Waals surface area contributed by atoms with Crippen LogP contribution >= 0.6 is 11.6 Å². The third-order valence-corrected chi connectivity index (χ3v) is 4.11. The van der Waals surface area contributed by atoms with Crippen LogP contribution in [0.5, 0.6) is 5.75 Å². The molecule has 0 saturated carbocycles. The van der Waals surface area contributed by atoms with E-state index in [9.17, 15) is 4.79 Å². The van der Waals surface area contributed by atoms with Crippen molar-refractivity contribution in [2.45, 2.75) is 39.2 Å². The maximum Gasteiger partial charge on any atom is 0.265 e. The number of nitrogens with one attached hydrogen (secondary N) is 1. The zero-order valence-corrected chi connectivity index (χ0v) is 14.4. The average molecular weight is 332 g/mol. The first-order valence-electron chi connectivity index (χ1n) is 7.82. The van der Waals surface area contributed by atoms with E-state index in [2.05, 4.69) is 31.3 Å². The molecule has 3 nitrogen and oxygen atoms in total. The second kappa shape index (κ2) is 8.02. The maximum atomic E-state index is 12.2. The minimum absolute atomic E-state index is 0.184. The zero-order valence-electron chi connectivity index (χ0n) is 13.7. The highest BCUT2D eigenvalue weighted by molar-refractivity contribution is 6.30. The van der Waals surface area contributed by atoms with Crippen LogP contribution in [0.3, 0.4) is 0 Å². The predicted molar refractivity (Wildman–Crippen MR) is 95.3 cm³/mol. The van der Waals surface area contributed by atoms with Gasteiger partial charge in [-0.2, -0.15) is 0 Å². The minimum atomic E-state index is -0.592. The van der Waals surface area contributed by atoms with E-state index in [1.807, 2.05) is 12.1 Å². The van der Waals surface area contributed by atoms with Crippen molar-refractivity contribution in [2.75, 3.05) is 5.32 Å². The van der Waals surface area contributed by atoms with E-state index < -0.39 is 6.10 Å². The second-order valence-electron chi connectivity index (χ2n) is 5.63. The number of anilines is 1. The molecule has 2 atom stereocenters. The molecule has 0 saturated heterocycles. The Balaban J connectivity index is 1.93. The van der Waals surface area contributed by atoms with Crippen LogP contribution in [-0.4, -0.2) is 12.0 Å². The molecular weight excluding hydrogens is 310 g/mol. The SMILES string of the molecule is CCC(C)c1ccc(NC(=O)C(C)Oc2ccc(Cl)cc2)cc1. The number of hydrogen-bond donors (Lipinski definition) is 1. The van der Waals surface area contributed by atoms with E-state index in [0.717, 1.165) is 12.1 Å². The van der Waals surface area contributed by atoms with Gasteiger partial charge in [0, 0.05) is 10.7 Å². The number of benzene rings is 2. The van der Waals surface area contributed by atoms with Gasteiger partial charge in [-0.15, -0.1) is 0 Å². The molecule has 122 valence electrons. The fourth-order valence-electron chi connectivity index (χ4n) is 2.15. The molecule has 2 rings (SSSR count). The molecule has 4 heteroatoms. The summed E-state index contributed by atoms with van der Waals surface area (Å²) >= 11 is 5.83. The quantitative estimate of drug-likeness (QED) is 0.784. The third-order valence-electron chi connectivity index (χ3n) is 3.86. The van der Waals surface area contributed by atoms with Crippen molar-refractivity contribution >= 4 is 23.2 Å². The Labute approximate surface area is 142 Å². The Morgan fingerprint density at radius 3 is 2.26 bits per heavy atom. The normalized spacial score (nSPS) is 13.2. The molecule has 0 aliphatic carbocycles. The monoisotopic (exact) mass is 331 g/mol. The van der Waals surface area contributed by atoms with Crippen LogP contribution in [0.2, 0.25) is 5.02 Å². The lowest BCUT2D eigenvalue weighted by molar-refractivity contribution is -0.122. The van der Waals surface area contributed by atoms with E-state index in [1.165, 1.54) is 5.56 Å². The second-order valence-corrected chi connectivity index (χ2v) is 6.07. The summed E-state index contributed by atoms with van der Waals surface area (Å²) in [5, 5.41) is 3.50.